The number of nitrogens with zero attached hydrogens (tertiary/aromatic N) is 2. The second kappa shape index (κ2) is 4.37. The number of carbonyl (C=O) groups excluding carboxylic acids is 1. The zero-order valence-corrected chi connectivity index (χ0v) is 11.1. The normalized spacial score (nSPS) is 13.6. The lowest BCUT2D eigenvalue weighted by molar-refractivity contribution is -0.125. The van der Waals surface area contributed by atoms with E-state index in [1.807, 2.05) is 27.7 Å². The number of hydrogen-bond donors (Lipinski definition) is 2. The van der Waals surface area contributed by atoms with Crippen LogP contribution in [0, 0.1) is 11.7 Å². The van der Waals surface area contributed by atoms with Crippen LogP contribution >= 0.6 is 12.2 Å². The van der Waals surface area contributed by atoms with Crippen molar-refractivity contribution in [1.29, 1.82) is 0 Å². The minimum atomic E-state index is -0.356. The van der Waals surface area contributed by atoms with Crippen molar-refractivity contribution in [1.82, 2.24) is 20.1 Å². The van der Waals surface area contributed by atoms with E-state index in [4.69, 9.17) is 12.2 Å². The number of H-pyrrole nitrogens is 1. The van der Waals surface area contributed by atoms with Crippen molar-refractivity contribution in [2.45, 2.75) is 46.2 Å². The van der Waals surface area contributed by atoms with E-state index in [9.17, 15) is 4.79 Å². The average Bonchev–Trinajstić information content (AvgIpc) is 2.42. The highest BCUT2D eigenvalue weighted by Gasteiger charge is 2.22. The van der Waals surface area contributed by atoms with Crippen LogP contribution in [0.15, 0.2) is 0 Å². The predicted octanol–water partition coefficient (Wildman–Crippen LogP) is 1.72. The molecule has 0 aliphatic heterocycles. The molecular formula is C10H18N4OS. The van der Waals surface area contributed by atoms with Crippen molar-refractivity contribution in [3.63, 3.8) is 0 Å². The Hall–Kier alpha value is -1.17. The maximum atomic E-state index is 11.9. The number of aryl methyl sites for hydroxylation is 1. The summed E-state index contributed by atoms with van der Waals surface area (Å²) in [7, 11) is 0. The van der Waals surface area contributed by atoms with Crippen molar-refractivity contribution < 1.29 is 4.79 Å². The van der Waals surface area contributed by atoms with Gasteiger partial charge in [0.25, 0.3) is 0 Å². The molecule has 1 aromatic rings. The molecule has 1 heterocycles. The summed E-state index contributed by atoms with van der Waals surface area (Å²) in [6.07, 6.45) is 0. The summed E-state index contributed by atoms with van der Waals surface area (Å²) < 4.78 is 2.17. The Labute approximate surface area is 100 Å². The second-order valence-electron chi connectivity index (χ2n) is 4.86. The van der Waals surface area contributed by atoms with Crippen molar-refractivity contribution in [2.75, 3.05) is 0 Å². The van der Waals surface area contributed by atoms with Gasteiger partial charge >= 0.3 is 0 Å². The third-order valence-corrected chi connectivity index (χ3v) is 2.43. The van der Waals surface area contributed by atoms with Crippen LogP contribution in [0.4, 0.5) is 0 Å². The molecule has 0 spiro atoms. The van der Waals surface area contributed by atoms with Gasteiger partial charge in [-0.1, -0.05) is 0 Å². The highest BCUT2D eigenvalue weighted by atomic mass is 32.1. The molecule has 16 heavy (non-hydrogen) atoms. The van der Waals surface area contributed by atoms with Crippen LogP contribution in [0.1, 0.15) is 39.6 Å². The first-order valence-electron chi connectivity index (χ1n) is 5.18. The number of hydrogen-bond acceptors (Lipinski definition) is 3. The molecule has 0 aliphatic rings. The molecule has 1 rings (SSSR count). The first kappa shape index (κ1) is 12.9. The highest BCUT2D eigenvalue weighted by molar-refractivity contribution is 7.71. The Morgan fingerprint density at radius 1 is 1.56 bits per heavy atom. The summed E-state index contributed by atoms with van der Waals surface area (Å²) in [4.78, 5) is 11.9. The number of amides is 1. The van der Waals surface area contributed by atoms with Crippen molar-refractivity contribution >= 4 is 18.1 Å². The molecule has 0 aromatic carbocycles. The molecular weight excluding hydrogens is 224 g/mol. The number of carbonyl (C=O) groups is 1. The SMILES string of the molecule is Cc1n[nH]c(=S)n1C(C)C(=O)NC(C)(C)C. The minimum Gasteiger partial charge on any atom is -0.350 e. The van der Waals surface area contributed by atoms with E-state index in [0.29, 0.717) is 10.6 Å². The van der Waals surface area contributed by atoms with Crippen LogP contribution < -0.4 is 5.32 Å². The maximum Gasteiger partial charge on any atom is 0.243 e. The van der Waals surface area contributed by atoms with Crippen LogP contribution in [0.5, 0.6) is 0 Å². The Bertz CT molecular complexity index is 440. The summed E-state index contributed by atoms with van der Waals surface area (Å²) in [5.41, 5.74) is -0.245. The number of nitrogens with one attached hydrogen (secondary N) is 2. The van der Waals surface area contributed by atoms with Crippen molar-refractivity contribution in [3.05, 3.63) is 10.6 Å². The van der Waals surface area contributed by atoms with E-state index in [0.717, 1.165) is 0 Å². The van der Waals surface area contributed by atoms with E-state index in [1.54, 1.807) is 11.5 Å². The quantitative estimate of drug-likeness (QED) is 0.776. The molecule has 0 bridgehead atoms. The lowest BCUT2D eigenvalue weighted by Crippen LogP contribution is -2.44. The molecule has 1 aromatic heterocycles. The molecule has 0 saturated heterocycles. The number of aromatic amines is 1. The molecule has 1 amide bonds. The molecule has 1 atom stereocenters. The van der Waals surface area contributed by atoms with Gasteiger partial charge in [0, 0.05) is 5.54 Å². The zero-order chi connectivity index (χ0) is 12.5. The molecule has 90 valence electrons. The van der Waals surface area contributed by atoms with Gasteiger partial charge in [0.2, 0.25) is 5.91 Å². The average molecular weight is 242 g/mol. The largest absolute Gasteiger partial charge is 0.350 e. The molecule has 0 fully saturated rings. The molecule has 5 nitrogen and oxygen atoms in total. The topological polar surface area (TPSA) is 62.7 Å². The zero-order valence-electron chi connectivity index (χ0n) is 10.3. The number of rotatable bonds is 2. The Morgan fingerprint density at radius 3 is 2.50 bits per heavy atom. The van der Waals surface area contributed by atoms with Crippen LogP contribution in [0.2, 0.25) is 0 Å². The number of aromatic nitrogens is 3. The molecule has 1 unspecified atom stereocenters. The van der Waals surface area contributed by atoms with Gasteiger partial charge in [-0.15, -0.1) is 0 Å². The van der Waals surface area contributed by atoms with Gasteiger partial charge in [0.05, 0.1) is 0 Å². The van der Waals surface area contributed by atoms with Gasteiger partial charge in [0.15, 0.2) is 4.77 Å². The monoisotopic (exact) mass is 242 g/mol. The van der Waals surface area contributed by atoms with Crippen LogP contribution in [0.3, 0.4) is 0 Å². The smallest absolute Gasteiger partial charge is 0.243 e. The first-order chi connectivity index (χ1) is 7.22. The fraction of sp³-hybridized carbons (Fsp3) is 0.700. The Kier molecular flexibility index (Phi) is 3.52. The van der Waals surface area contributed by atoms with Gasteiger partial charge in [-0.25, -0.2) is 0 Å². The first-order valence-corrected chi connectivity index (χ1v) is 5.59. The standard InChI is InChI=1S/C10H18N4OS/c1-6(8(15)11-10(3,4)5)14-7(2)12-13-9(14)16/h6H,1-5H3,(H,11,15)(H,13,16). The summed E-state index contributed by atoms with van der Waals surface area (Å²) in [6, 6.07) is -0.356. The minimum absolute atomic E-state index is 0.0619. The fourth-order valence-corrected chi connectivity index (χ4v) is 1.77. The third-order valence-electron chi connectivity index (χ3n) is 2.15. The molecule has 2 N–H and O–H groups in total. The van der Waals surface area contributed by atoms with Gasteiger partial charge in [-0.05, 0) is 46.8 Å². The summed E-state index contributed by atoms with van der Waals surface area (Å²) in [5, 5.41) is 9.57. The predicted molar refractivity (Wildman–Crippen MR) is 64.8 cm³/mol. The molecule has 6 heteroatoms. The van der Waals surface area contributed by atoms with Gasteiger partial charge in [0.1, 0.15) is 11.9 Å². The second-order valence-corrected chi connectivity index (χ2v) is 5.25. The van der Waals surface area contributed by atoms with E-state index in [2.05, 4.69) is 15.5 Å². The lowest BCUT2D eigenvalue weighted by atomic mass is 10.1. The van der Waals surface area contributed by atoms with Crippen LogP contribution in [0.25, 0.3) is 0 Å². The van der Waals surface area contributed by atoms with Crippen molar-refractivity contribution in [3.8, 4) is 0 Å². The maximum absolute atomic E-state index is 11.9. The van der Waals surface area contributed by atoms with Gasteiger partial charge in [-0.3, -0.25) is 14.5 Å². The van der Waals surface area contributed by atoms with E-state index in [-0.39, 0.29) is 17.5 Å². The van der Waals surface area contributed by atoms with Gasteiger partial charge < -0.3 is 5.32 Å². The highest BCUT2D eigenvalue weighted by Crippen LogP contribution is 2.11. The van der Waals surface area contributed by atoms with E-state index < -0.39 is 0 Å². The van der Waals surface area contributed by atoms with Gasteiger partial charge in [-0.2, -0.15) is 5.10 Å². The Morgan fingerprint density at radius 2 is 2.12 bits per heavy atom. The molecule has 0 aliphatic carbocycles. The van der Waals surface area contributed by atoms with Crippen molar-refractivity contribution in [2.24, 2.45) is 0 Å². The summed E-state index contributed by atoms with van der Waals surface area (Å²) in [5.74, 6) is 0.648. The fourth-order valence-electron chi connectivity index (χ4n) is 1.43. The third kappa shape index (κ3) is 2.91. The van der Waals surface area contributed by atoms with E-state index >= 15 is 0 Å². The molecule has 0 saturated carbocycles. The lowest BCUT2D eigenvalue weighted by Gasteiger charge is -2.23. The molecule has 0 radical (unpaired) electrons. The van der Waals surface area contributed by atoms with Crippen LogP contribution in [-0.2, 0) is 4.79 Å². The summed E-state index contributed by atoms with van der Waals surface area (Å²) in [6.45, 7) is 9.45. The van der Waals surface area contributed by atoms with Crippen LogP contribution in [-0.4, -0.2) is 26.2 Å². The summed E-state index contributed by atoms with van der Waals surface area (Å²) >= 11 is 5.07. The Balaban J connectivity index is 2.91. The van der Waals surface area contributed by atoms with E-state index in [1.165, 1.54) is 0 Å².